The van der Waals surface area contributed by atoms with Gasteiger partial charge in [-0.1, -0.05) is 12.1 Å². The fraction of sp³-hybridized carbons (Fsp3) is 0.500. The summed E-state index contributed by atoms with van der Waals surface area (Å²) >= 11 is 0. The van der Waals surface area contributed by atoms with Crippen LogP contribution in [-0.4, -0.2) is 63.1 Å². The summed E-state index contributed by atoms with van der Waals surface area (Å²) < 4.78 is 0. The molecule has 0 spiro atoms. The number of aliphatic carboxylic acids is 1. The Morgan fingerprint density at radius 3 is 2.64 bits per heavy atom. The van der Waals surface area contributed by atoms with Gasteiger partial charge in [0.15, 0.2) is 0 Å². The van der Waals surface area contributed by atoms with E-state index in [4.69, 9.17) is 0 Å². The lowest BCUT2D eigenvalue weighted by atomic mass is 10.1. The third-order valence-corrected chi connectivity index (χ3v) is 5.16. The summed E-state index contributed by atoms with van der Waals surface area (Å²) in [4.78, 5) is 35.4. The van der Waals surface area contributed by atoms with E-state index in [-0.39, 0.29) is 11.6 Å². The number of rotatable bonds is 5. The van der Waals surface area contributed by atoms with Gasteiger partial charge in [0.05, 0.1) is 17.4 Å². The number of para-hydroxylation sites is 1. The molecule has 0 radical (unpaired) electrons. The van der Waals surface area contributed by atoms with Crippen molar-refractivity contribution in [2.45, 2.75) is 25.4 Å². The second-order valence-electron chi connectivity index (χ2n) is 6.96. The Kier molecular flexibility index (Phi) is 4.27. The van der Waals surface area contributed by atoms with Crippen LogP contribution in [-0.2, 0) is 11.3 Å². The van der Waals surface area contributed by atoms with Crippen molar-refractivity contribution in [1.29, 1.82) is 0 Å². The number of nitrogens with zero attached hydrogens (tertiary/aromatic N) is 3. The number of benzene rings is 1. The van der Waals surface area contributed by atoms with Gasteiger partial charge in [-0.3, -0.25) is 19.4 Å². The van der Waals surface area contributed by atoms with Gasteiger partial charge in [-0.2, -0.15) is 0 Å². The van der Waals surface area contributed by atoms with Gasteiger partial charge in [-0.15, -0.1) is 0 Å². The summed E-state index contributed by atoms with van der Waals surface area (Å²) in [5, 5.41) is 10.1. The van der Waals surface area contributed by atoms with E-state index in [0.717, 1.165) is 39.0 Å². The van der Waals surface area contributed by atoms with Crippen LogP contribution in [0.1, 0.15) is 18.7 Å². The molecule has 1 aromatic heterocycles. The van der Waals surface area contributed by atoms with Gasteiger partial charge < -0.3 is 10.1 Å². The average Bonchev–Trinajstić information content (AvgIpc) is 3.41. The average molecular weight is 342 g/mol. The van der Waals surface area contributed by atoms with Crippen LogP contribution in [0, 0.1) is 5.92 Å². The summed E-state index contributed by atoms with van der Waals surface area (Å²) in [5.74, 6) is 0.285. The highest BCUT2D eigenvalue weighted by atomic mass is 16.4. The second-order valence-corrected chi connectivity index (χ2v) is 6.96. The first-order chi connectivity index (χ1) is 12.1. The monoisotopic (exact) mass is 342 g/mol. The van der Waals surface area contributed by atoms with Gasteiger partial charge in [-0.25, -0.2) is 4.98 Å². The van der Waals surface area contributed by atoms with Crippen molar-refractivity contribution in [2.24, 2.45) is 5.92 Å². The number of piperazine rings is 1. The van der Waals surface area contributed by atoms with E-state index in [1.54, 1.807) is 6.07 Å². The molecular weight excluding hydrogens is 320 g/mol. The van der Waals surface area contributed by atoms with Crippen LogP contribution < -0.4 is 5.56 Å². The maximum absolute atomic E-state index is 12.2. The SMILES string of the molecule is O=C(O)C(C1CC1)N1CCN(Cc2nc3ccccc3c(=O)[nH]2)CC1. The van der Waals surface area contributed by atoms with Gasteiger partial charge >= 0.3 is 5.97 Å². The lowest BCUT2D eigenvalue weighted by Gasteiger charge is -2.37. The predicted octanol–water partition coefficient (Wildman–Crippen LogP) is 0.904. The fourth-order valence-electron chi connectivity index (χ4n) is 3.69. The molecule has 2 fully saturated rings. The molecular formula is C18H22N4O3. The van der Waals surface area contributed by atoms with Gasteiger partial charge in [0.2, 0.25) is 0 Å². The standard InChI is InChI=1S/C18H22N4O3/c23-17-13-3-1-2-4-14(13)19-15(20-17)11-21-7-9-22(10-8-21)16(18(24)25)12-5-6-12/h1-4,12,16H,5-11H2,(H,24,25)(H,19,20,23). The highest BCUT2D eigenvalue weighted by Gasteiger charge is 2.41. The Hall–Kier alpha value is -2.25. The number of H-pyrrole nitrogens is 1. The molecule has 1 saturated heterocycles. The van der Waals surface area contributed by atoms with Crippen LogP contribution >= 0.6 is 0 Å². The molecule has 1 aliphatic carbocycles. The Bertz CT molecular complexity index is 838. The van der Waals surface area contributed by atoms with Crippen LogP contribution in [0.15, 0.2) is 29.1 Å². The lowest BCUT2D eigenvalue weighted by Crippen LogP contribution is -2.53. The number of carboxylic acid groups (broad SMARTS) is 1. The topological polar surface area (TPSA) is 89.5 Å². The van der Waals surface area contributed by atoms with Crippen molar-refractivity contribution in [3.05, 3.63) is 40.4 Å². The number of hydrogen-bond acceptors (Lipinski definition) is 5. The van der Waals surface area contributed by atoms with E-state index in [0.29, 0.717) is 29.2 Å². The zero-order valence-corrected chi connectivity index (χ0v) is 14.0. The van der Waals surface area contributed by atoms with Gasteiger partial charge in [-0.05, 0) is 30.9 Å². The van der Waals surface area contributed by atoms with Crippen molar-refractivity contribution in [3.8, 4) is 0 Å². The second kappa shape index (κ2) is 6.57. The molecule has 1 saturated carbocycles. The molecule has 1 unspecified atom stereocenters. The summed E-state index contributed by atoms with van der Waals surface area (Å²) in [7, 11) is 0. The lowest BCUT2D eigenvalue weighted by molar-refractivity contribution is -0.145. The first kappa shape index (κ1) is 16.2. The normalized spacial score (nSPS) is 20.6. The summed E-state index contributed by atoms with van der Waals surface area (Å²) in [6.07, 6.45) is 2.05. The van der Waals surface area contributed by atoms with E-state index in [1.165, 1.54) is 0 Å². The number of aromatic nitrogens is 2. The predicted molar refractivity (Wildman–Crippen MR) is 93.4 cm³/mol. The highest BCUT2D eigenvalue weighted by Crippen LogP contribution is 2.35. The minimum Gasteiger partial charge on any atom is -0.480 e. The molecule has 2 N–H and O–H groups in total. The molecule has 7 heteroatoms. The van der Waals surface area contributed by atoms with Crippen LogP contribution in [0.3, 0.4) is 0 Å². The van der Waals surface area contributed by atoms with E-state index in [2.05, 4.69) is 19.8 Å². The van der Waals surface area contributed by atoms with Crippen molar-refractivity contribution in [3.63, 3.8) is 0 Å². The Labute approximate surface area is 145 Å². The molecule has 132 valence electrons. The summed E-state index contributed by atoms with van der Waals surface area (Å²) in [6.45, 7) is 3.63. The molecule has 0 bridgehead atoms. The zero-order valence-electron chi connectivity index (χ0n) is 14.0. The first-order valence-electron chi connectivity index (χ1n) is 8.79. The number of fused-ring (bicyclic) bond motifs is 1. The van der Waals surface area contributed by atoms with Crippen molar-refractivity contribution in [2.75, 3.05) is 26.2 Å². The third-order valence-electron chi connectivity index (χ3n) is 5.16. The Morgan fingerprint density at radius 2 is 1.96 bits per heavy atom. The van der Waals surface area contributed by atoms with Gasteiger partial charge in [0.25, 0.3) is 5.56 Å². The first-order valence-corrected chi connectivity index (χ1v) is 8.79. The van der Waals surface area contributed by atoms with E-state index in [1.807, 2.05) is 18.2 Å². The Morgan fingerprint density at radius 1 is 1.24 bits per heavy atom. The number of carboxylic acids is 1. The fourth-order valence-corrected chi connectivity index (χ4v) is 3.69. The number of carbonyl (C=O) groups is 1. The minimum absolute atomic E-state index is 0.112. The van der Waals surface area contributed by atoms with Crippen molar-refractivity contribution in [1.82, 2.24) is 19.8 Å². The summed E-state index contributed by atoms with van der Waals surface area (Å²) in [5.41, 5.74) is 0.596. The molecule has 25 heavy (non-hydrogen) atoms. The maximum Gasteiger partial charge on any atom is 0.321 e. The zero-order chi connectivity index (χ0) is 17.4. The molecule has 2 aliphatic rings. The van der Waals surface area contributed by atoms with Crippen LogP contribution in [0.5, 0.6) is 0 Å². The van der Waals surface area contributed by atoms with Crippen molar-refractivity contribution >= 4 is 16.9 Å². The number of aromatic amines is 1. The van der Waals surface area contributed by atoms with Gasteiger partial charge in [0.1, 0.15) is 11.9 Å². The largest absolute Gasteiger partial charge is 0.480 e. The molecule has 0 amide bonds. The molecule has 1 aromatic carbocycles. The highest BCUT2D eigenvalue weighted by molar-refractivity contribution is 5.77. The molecule has 1 aliphatic heterocycles. The molecule has 1 atom stereocenters. The minimum atomic E-state index is -0.698. The molecule has 7 nitrogen and oxygen atoms in total. The number of nitrogens with one attached hydrogen (secondary N) is 1. The Balaban J connectivity index is 1.42. The van der Waals surface area contributed by atoms with E-state index >= 15 is 0 Å². The van der Waals surface area contributed by atoms with E-state index < -0.39 is 5.97 Å². The maximum atomic E-state index is 12.2. The van der Waals surface area contributed by atoms with Crippen molar-refractivity contribution < 1.29 is 9.90 Å². The van der Waals surface area contributed by atoms with E-state index in [9.17, 15) is 14.7 Å². The molecule has 4 rings (SSSR count). The summed E-state index contributed by atoms with van der Waals surface area (Å²) in [6, 6.07) is 6.99. The van der Waals surface area contributed by atoms with Crippen LogP contribution in [0.2, 0.25) is 0 Å². The number of hydrogen-bond donors (Lipinski definition) is 2. The molecule has 2 aromatic rings. The smallest absolute Gasteiger partial charge is 0.321 e. The van der Waals surface area contributed by atoms with Crippen LogP contribution in [0.25, 0.3) is 10.9 Å². The third kappa shape index (κ3) is 3.43. The quantitative estimate of drug-likeness (QED) is 0.839. The van der Waals surface area contributed by atoms with Crippen LogP contribution in [0.4, 0.5) is 0 Å². The molecule has 2 heterocycles. The van der Waals surface area contributed by atoms with Gasteiger partial charge in [0, 0.05) is 26.2 Å².